The Morgan fingerprint density at radius 2 is 1.80 bits per heavy atom. The van der Waals surface area contributed by atoms with E-state index in [-0.39, 0.29) is 49.9 Å². The van der Waals surface area contributed by atoms with Crippen LogP contribution < -0.4 is 0 Å². The maximum atomic E-state index is 13.0. The number of rotatable bonds is 10. The van der Waals surface area contributed by atoms with E-state index in [1.807, 2.05) is 30.3 Å². The molecule has 7 nitrogen and oxygen atoms in total. The van der Waals surface area contributed by atoms with Gasteiger partial charge in [-0.05, 0) is 29.7 Å². The molecule has 2 aromatic rings. The monoisotopic (exact) mass is 411 g/mol. The molecule has 0 fully saturated rings. The molecule has 1 heterocycles. The molecule has 0 aromatic heterocycles. The molecular weight excluding hydrogens is 386 g/mol. The Morgan fingerprint density at radius 3 is 2.50 bits per heavy atom. The Kier molecular flexibility index (Phi) is 7.21. The molecule has 30 heavy (non-hydrogen) atoms. The molecule has 3 N–H and O–H groups in total. The summed E-state index contributed by atoms with van der Waals surface area (Å²) in [5.41, 5.74) is 1.54. The van der Waals surface area contributed by atoms with Crippen LogP contribution in [0.4, 0.5) is 0 Å². The van der Waals surface area contributed by atoms with E-state index in [0.29, 0.717) is 12.0 Å². The van der Waals surface area contributed by atoms with Gasteiger partial charge in [0, 0.05) is 13.0 Å². The second-order valence-corrected chi connectivity index (χ2v) is 7.00. The predicted molar refractivity (Wildman–Crippen MR) is 110 cm³/mol. The first kappa shape index (κ1) is 21.5. The molecule has 0 spiro atoms. The van der Waals surface area contributed by atoms with Crippen LogP contribution >= 0.6 is 0 Å². The number of carbonyl (C=O) groups is 2. The normalized spacial score (nSPS) is 16.4. The van der Waals surface area contributed by atoms with Crippen LogP contribution in [0.5, 0.6) is 5.75 Å². The summed E-state index contributed by atoms with van der Waals surface area (Å²) < 4.78 is 5.26. The maximum absolute atomic E-state index is 13.0. The van der Waals surface area contributed by atoms with Crippen LogP contribution in [0.25, 0.3) is 0 Å². The van der Waals surface area contributed by atoms with E-state index < -0.39 is 17.7 Å². The zero-order valence-electron chi connectivity index (χ0n) is 16.5. The number of carbonyl (C=O) groups excluding carboxylic acids is 2. The first-order valence-corrected chi connectivity index (χ1v) is 9.81. The summed E-state index contributed by atoms with van der Waals surface area (Å²) >= 11 is 0. The quantitative estimate of drug-likeness (QED) is 0.518. The Balaban J connectivity index is 1.85. The van der Waals surface area contributed by atoms with Gasteiger partial charge in [-0.3, -0.25) is 9.59 Å². The second kappa shape index (κ2) is 10.0. The third kappa shape index (κ3) is 4.87. The first-order chi connectivity index (χ1) is 14.5. The van der Waals surface area contributed by atoms with Crippen molar-refractivity contribution in [2.75, 3.05) is 26.4 Å². The lowest BCUT2D eigenvalue weighted by Crippen LogP contribution is -2.34. The van der Waals surface area contributed by atoms with Gasteiger partial charge in [0.1, 0.15) is 5.75 Å². The van der Waals surface area contributed by atoms with Crippen molar-refractivity contribution in [1.82, 2.24) is 4.90 Å². The molecule has 1 aliphatic rings. The molecule has 1 unspecified atom stereocenters. The maximum Gasteiger partial charge on any atom is 0.290 e. The lowest BCUT2D eigenvalue weighted by atomic mass is 9.93. The highest BCUT2D eigenvalue weighted by Gasteiger charge is 2.43. The number of Topliss-reactive ketones (excluding diaryl/α,β-unsaturated/α-hetero) is 1. The average Bonchev–Trinajstić information content (AvgIpc) is 3.01. The summed E-state index contributed by atoms with van der Waals surface area (Å²) in [4.78, 5) is 27.1. The van der Waals surface area contributed by atoms with Gasteiger partial charge in [-0.25, -0.2) is 0 Å². The first-order valence-electron chi connectivity index (χ1n) is 9.81. The van der Waals surface area contributed by atoms with Gasteiger partial charge in [-0.1, -0.05) is 42.5 Å². The van der Waals surface area contributed by atoms with Crippen molar-refractivity contribution in [3.05, 3.63) is 77.1 Å². The zero-order valence-corrected chi connectivity index (χ0v) is 16.5. The highest BCUT2D eigenvalue weighted by molar-refractivity contribution is 6.09. The van der Waals surface area contributed by atoms with E-state index in [2.05, 4.69) is 0 Å². The number of benzene rings is 2. The minimum absolute atomic E-state index is 0.00101. The Labute approximate surface area is 174 Å². The number of aryl methyl sites for hydroxylation is 1. The van der Waals surface area contributed by atoms with Gasteiger partial charge in [-0.2, -0.15) is 0 Å². The average molecular weight is 411 g/mol. The van der Waals surface area contributed by atoms with Crippen molar-refractivity contribution in [2.24, 2.45) is 0 Å². The van der Waals surface area contributed by atoms with Crippen molar-refractivity contribution < 1.29 is 29.6 Å². The molecule has 1 amide bonds. The fourth-order valence-corrected chi connectivity index (χ4v) is 3.58. The number of nitrogens with zero attached hydrogens (tertiary/aromatic N) is 1. The topological polar surface area (TPSA) is 107 Å². The lowest BCUT2D eigenvalue weighted by molar-refractivity contribution is -0.130. The number of hydrogen-bond donors (Lipinski definition) is 3. The van der Waals surface area contributed by atoms with Gasteiger partial charge in [0.05, 0.1) is 31.4 Å². The summed E-state index contributed by atoms with van der Waals surface area (Å²) in [5, 5.41) is 29.3. The highest BCUT2D eigenvalue weighted by atomic mass is 16.5. The van der Waals surface area contributed by atoms with Crippen molar-refractivity contribution >= 4 is 11.7 Å². The summed E-state index contributed by atoms with van der Waals surface area (Å²) in [6, 6.07) is 15.0. The van der Waals surface area contributed by atoms with E-state index in [9.17, 15) is 19.8 Å². The van der Waals surface area contributed by atoms with Crippen LogP contribution in [0.1, 0.15) is 23.6 Å². The fraction of sp³-hybridized carbons (Fsp3) is 0.304. The highest BCUT2D eigenvalue weighted by Crippen LogP contribution is 2.39. The fourth-order valence-electron chi connectivity index (χ4n) is 3.58. The Morgan fingerprint density at radius 1 is 1.03 bits per heavy atom. The number of aliphatic hydroxyl groups is 2. The van der Waals surface area contributed by atoms with Gasteiger partial charge in [0.15, 0.2) is 11.5 Å². The molecule has 0 aliphatic carbocycles. The van der Waals surface area contributed by atoms with Crippen LogP contribution in [0.3, 0.4) is 0 Å². The molecule has 0 radical (unpaired) electrons. The van der Waals surface area contributed by atoms with Gasteiger partial charge < -0.3 is 25.0 Å². The van der Waals surface area contributed by atoms with E-state index in [4.69, 9.17) is 9.84 Å². The van der Waals surface area contributed by atoms with Gasteiger partial charge in [0.2, 0.25) is 0 Å². The molecular formula is C23H25NO6. The van der Waals surface area contributed by atoms with Gasteiger partial charge in [0.25, 0.3) is 5.91 Å². The van der Waals surface area contributed by atoms with Crippen molar-refractivity contribution in [3.8, 4) is 5.75 Å². The second-order valence-electron chi connectivity index (χ2n) is 7.00. The van der Waals surface area contributed by atoms with Crippen LogP contribution in [0.15, 0.2) is 65.9 Å². The predicted octanol–water partition coefficient (Wildman–Crippen LogP) is 2.30. The smallest absolute Gasteiger partial charge is 0.290 e. The molecule has 0 saturated carbocycles. The van der Waals surface area contributed by atoms with Crippen LogP contribution in [-0.2, 0) is 20.7 Å². The molecule has 1 aliphatic heterocycles. The number of ether oxygens (including phenoxy) is 1. The van der Waals surface area contributed by atoms with Crippen LogP contribution in [0.2, 0.25) is 0 Å². The van der Waals surface area contributed by atoms with E-state index in [1.54, 1.807) is 12.1 Å². The number of phenols is 1. The third-order valence-corrected chi connectivity index (χ3v) is 4.99. The summed E-state index contributed by atoms with van der Waals surface area (Å²) in [7, 11) is 0. The van der Waals surface area contributed by atoms with Crippen molar-refractivity contribution in [2.45, 2.75) is 18.9 Å². The number of hydrogen-bond acceptors (Lipinski definition) is 6. The Hall–Kier alpha value is -3.16. The molecule has 7 heteroatoms. The minimum Gasteiger partial charge on any atom is -0.508 e. The standard InChI is InChI=1S/C23H25NO6/c25-12-14-30-13-11-24-21(17-7-4-8-18(26)15-17)20(22(28)23(24)29)19(27)10-9-16-5-2-1-3-6-16/h1-8,15,21,25-26,28H,9-14H2. The van der Waals surface area contributed by atoms with Crippen molar-refractivity contribution in [3.63, 3.8) is 0 Å². The molecule has 0 bridgehead atoms. The zero-order chi connectivity index (χ0) is 21.5. The van der Waals surface area contributed by atoms with E-state index in [1.165, 1.54) is 17.0 Å². The molecule has 1 atom stereocenters. The largest absolute Gasteiger partial charge is 0.508 e. The molecule has 2 aromatic carbocycles. The van der Waals surface area contributed by atoms with E-state index in [0.717, 1.165) is 5.56 Å². The van der Waals surface area contributed by atoms with Crippen molar-refractivity contribution in [1.29, 1.82) is 0 Å². The number of aliphatic hydroxyl groups excluding tert-OH is 2. The summed E-state index contributed by atoms with van der Waals surface area (Å²) in [6.45, 7) is 0.247. The Bertz CT molecular complexity index is 924. The van der Waals surface area contributed by atoms with Gasteiger partial charge in [-0.15, -0.1) is 0 Å². The number of aromatic hydroxyl groups is 1. The minimum atomic E-state index is -0.814. The molecule has 3 rings (SSSR count). The van der Waals surface area contributed by atoms with Gasteiger partial charge >= 0.3 is 0 Å². The number of amides is 1. The lowest BCUT2D eigenvalue weighted by Gasteiger charge is -2.27. The summed E-state index contributed by atoms with van der Waals surface area (Å²) in [5.74, 6) is -1.54. The van der Waals surface area contributed by atoms with E-state index >= 15 is 0 Å². The summed E-state index contributed by atoms with van der Waals surface area (Å²) in [6.07, 6.45) is 0.623. The molecule has 158 valence electrons. The number of phenolic OH excluding ortho intramolecular Hbond substituents is 1. The van der Waals surface area contributed by atoms with Crippen LogP contribution in [-0.4, -0.2) is 58.3 Å². The molecule has 0 saturated heterocycles. The van der Waals surface area contributed by atoms with Crippen LogP contribution in [0, 0.1) is 0 Å². The number of ketones is 1. The third-order valence-electron chi connectivity index (χ3n) is 4.99. The SMILES string of the molecule is O=C(CCc1ccccc1)C1=C(O)C(=O)N(CCOCCO)C1c1cccc(O)c1.